The van der Waals surface area contributed by atoms with Crippen molar-refractivity contribution in [3.05, 3.63) is 44.7 Å². The van der Waals surface area contributed by atoms with E-state index in [9.17, 15) is 20.3 Å². The zero-order valence-electron chi connectivity index (χ0n) is 13.3. The maximum atomic E-state index is 12.5. The molecule has 9 heteroatoms. The van der Waals surface area contributed by atoms with Gasteiger partial charge in [-0.05, 0) is 31.5 Å². The highest BCUT2D eigenvalue weighted by Gasteiger charge is 2.19. The fourth-order valence-electron chi connectivity index (χ4n) is 2.17. The molecule has 0 amide bonds. The molecule has 0 saturated heterocycles. The van der Waals surface area contributed by atoms with Crippen LogP contribution in [0.5, 0.6) is 11.6 Å². The predicted octanol–water partition coefficient (Wildman–Crippen LogP) is 2.89. The maximum absolute atomic E-state index is 12.5. The Kier molecular flexibility index (Phi) is 5.75. The quantitative estimate of drug-likeness (QED) is 0.703. The van der Waals surface area contributed by atoms with Gasteiger partial charge in [0.05, 0.1) is 0 Å². The molecule has 25 heavy (non-hydrogen) atoms. The van der Waals surface area contributed by atoms with Crippen molar-refractivity contribution in [2.24, 2.45) is 10.2 Å². The van der Waals surface area contributed by atoms with Gasteiger partial charge in [0, 0.05) is 23.7 Å². The Balaban J connectivity index is 2.61. The average molecular weight is 363 g/mol. The highest BCUT2D eigenvalue weighted by atomic mass is 35.5. The molecule has 2 aromatic rings. The molecule has 0 aliphatic heterocycles. The molecule has 2 rings (SSSR count). The lowest BCUT2D eigenvalue weighted by Crippen LogP contribution is -2.22. The van der Waals surface area contributed by atoms with Crippen LogP contribution in [0.2, 0.25) is 5.02 Å². The number of nitrogens with zero attached hydrogens (tertiary/aromatic N) is 4. The Morgan fingerprint density at radius 2 is 2.04 bits per heavy atom. The largest absolute Gasteiger partial charge is 0.506 e. The minimum absolute atomic E-state index is 0.0149. The van der Waals surface area contributed by atoms with Crippen LogP contribution >= 0.6 is 11.6 Å². The number of phenolic OH excluding ortho intramolecular Hbond substituents is 1. The number of rotatable bonds is 5. The minimum atomic E-state index is -0.660. The monoisotopic (exact) mass is 362 g/mol. The van der Waals surface area contributed by atoms with Crippen LogP contribution in [0.1, 0.15) is 17.5 Å². The van der Waals surface area contributed by atoms with E-state index in [2.05, 4.69) is 10.2 Å². The molecule has 3 N–H and O–H groups in total. The Morgan fingerprint density at radius 1 is 1.32 bits per heavy atom. The molecule has 1 aromatic carbocycles. The van der Waals surface area contributed by atoms with Crippen LogP contribution in [-0.4, -0.2) is 26.5 Å². The van der Waals surface area contributed by atoms with Gasteiger partial charge in [0.2, 0.25) is 5.88 Å². The lowest BCUT2D eigenvalue weighted by molar-refractivity contribution is 0.274. The molecule has 0 spiro atoms. The first-order valence-electron chi connectivity index (χ1n) is 7.28. The van der Waals surface area contributed by atoms with E-state index >= 15 is 0 Å². The zero-order valence-corrected chi connectivity index (χ0v) is 14.0. The van der Waals surface area contributed by atoms with Crippen molar-refractivity contribution >= 4 is 23.0 Å². The summed E-state index contributed by atoms with van der Waals surface area (Å²) in [6, 6.07) is 5.99. The first kappa shape index (κ1) is 18.4. The van der Waals surface area contributed by atoms with Crippen molar-refractivity contribution in [1.29, 1.82) is 5.26 Å². The summed E-state index contributed by atoms with van der Waals surface area (Å²) < 4.78 is 0.952. The summed E-state index contributed by atoms with van der Waals surface area (Å²) in [5.74, 6) is -0.659. The van der Waals surface area contributed by atoms with E-state index in [1.165, 1.54) is 25.1 Å². The number of aliphatic hydroxyl groups excluding tert-OH is 1. The molecule has 0 fully saturated rings. The highest BCUT2D eigenvalue weighted by molar-refractivity contribution is 6.30. The summed E-state index contributed by atoms with van der Waals surface area (Å²) in [5.41, 5.74) is -0.698. The summed E-state index contributed by atoms with van der Waals surface area (Å²) in [4.78, 5) is 12.5. The summed E-state index contributed by atoms with van der Waals surface area (Å²) in [6.45, 7) is 1.29. The van der Waals surface area contributed by atoms with Gasteiger partial charge in [-0.15, -0.1) is 10.2 Å². The summed E-state index contributed by atoms with van der Waals surface area (Å²) in [5, 5.41) is 46.0. The molecule has 1 heterocycles. The second-order valence-corrected chi connectivity index (χ2v) is 5.59. The third kappa shape index (κ3) is 3.79. The van der Waals surface area contributed by atoms with Gasteiger partial charge in [-0.3, -0.25) is 9.36 Å². The molecule has 0 saturated carbocycles. The standard InChI is InChI=1S/C16H15ClN4O4/c1-9-11(8-18)15(24)21(5-2-6-22)16(25)14(9)20-19-12-7-10(17)3-4-13(12)23/h3-4,7,22-24H,2,5-6H2,1H3. The van der Waals surface area contributed by atoms with E-state index in [1.54, 1.807) is 0 Å². The topological polar surface area (TPSA) is 131 Å². The lowest BCUT2D eigenvalue weighted by atomic mass is 10.1. The van der Waals surface area contributed by atoms with Crippen molar-refractivity contribution in [2.75, 3.05) is 6.61 Å². The first-order chi connectivity index (χ1) is 11.9. The normalized spacial score (nSPS) is 11.0. The molecular formula is C16H15ClN4O4. The van der Waals surface area contributed by atoms with Gasteiger partial charge in [-0.2, -0.15) is 5.26 Å². The number of aromatic hydroxyl groups is 2. The maximum Gasteiger partial charge on any atom is 0.281 e. The van der Waals surface area contributed by atoms with Gasteiger partial charge >= 0.3 is 0 Å². The van der Waals surface area contributed by atoms with Crippen LogP contribution in [0.15, 0.2) is 33.2 Å². The second kappa shape index (κ2) is 7.79. The predicted molar refractivity (Wildman–Crippen MR) is 90.8 cm³/mol. The number of halogens is 1. The third-order valence-corrected chi connectivity index (χ3v) is 3.74. The number of pyridine rings is 1. The fourth-order valence-corrected chi connectivity index (χ4v) is 2.34. The van der Waals surface area contributed by atoms with Crippen LogP contribution in [0, 0.1) is 18.3 Å². The average Bonchev–Trinajstić information content (AvgIpc) is 2.58. The van der Waals surface area contributed by atoms with Gasteiger partial charge in [0.1, 0.15) is 23.1 Å². The van der Waals surface area contributed by atoms with E-state index in [0.29, 0.717) is 5.02 Å². The van der Waals surface area contributed by atoms with Gasteiger partial charge in [-0.1, -0.05) is 11.6 Å². The van der Waals surface area contributed by atoms with E-state index in [0.717, 1.165) is 4.57 Å². The number of azo groups is 1. The molecule has 0 atom stereocenters. The Labute approximate surface area is 147 Å². The molecule has 8 nitrogen and oxygen atoms in total. The number of aliphatic hydroxyl groups is 1. The molecule has 130 valence electrons. The Morgan fingerprint density at radius 3 is 2.68 bits per heavy atom. The fraction of sp³-hybridized carbons (Fsp3) is 0.250. The minimum Gasteiger partial charge on any atom is -0.506 e. The molecule has 0 radical (unpaired) electrons. The van der Waals surface area contributed by atoms with Crippen LogP contribution in [0.3, 0.4) is 0 Å². The lowest BCUT2D eigenvalue weighted by Gasteiger charge is -2.12. The van der Waals surface area contributed by atoms with Crippen molar-refractivity contribution in [3.63, 3.8) is 0 Å². The van der Waals surface area contributed by atoms with Crippen molar-refractivity contribution in [3.8, 4) is 17.7 Å². The van der Waals surface area contributed by atoms with Crippen molar-refractivity contribution < 1.29 is 15.3 Å². The summed E-state index contributed by atoms with van der Waals surface area (Å²) in [7, 11) is 0. The molecule has 1 aromatic heterocycles. The number of hydrogen-bond acceptors (Lipinski definition) is 7. The number of hydrogen-bond donors (Lipinski definition) is 3. The van der Waals surface area contributed by atoms with Gasteiger partial charge < -0.3 is 15.3 Å². The Bertz CT molecular complexity index is 931. The highest BCUT2D eigenvalue weighted by Crippen LogP contribution is 2.32. The van der Waals surface area contributed by atoms with E-state index in [4.69, 9.17) is 16.7 Å². The SMILES string of the molecule is Cc1c(C#N)c(O)n(CCCO)c(=O)c1N=Nc1cc(Cl)ccc1O. The molecule has 0 unspecified atom stereocenters. The summed E-state index contributed by atoms with van der Waals surface area (Å²) >= 11 is 5.83. The Hall–Kier alpha value is -2.89. The summed E-state index contributed by atoms with van der Waals surface area (Å²) in [6.07, 6.45) is 0.215. The smallest absolute Gasteiger partial charge is 0.281 e. The van der Waals surface area contributed by atoms with Crippen LogP contribution in [0.4, 0.5) is 11.4 Å². The molecule has 0 aliphatic rings. The number of aromatic nitrogens is 1. The van der Waals surface area contributed by atoms with Gasteiger partial charge in [0.15, 0.2) is 5.69 Å². The van der Waals surface area contributed by atoms with Crippen molar-refractivity contribution in [1.82, 2.24) is 4.57 Å². The number of phenols is 1. The molecule has 0 aliphatic carbocycles. The second-order valence-electron chi connectivity index (χ2n) is 5.15. The third-order valence-electron chi connectivity index (χ3n) is 3.50. The number of nitriles is 1. The van der Waals surface area contributed by atoms with Crippen LogP contribution < -0.4 is 5.56 Å². The molecule has 0 bridgehead atoms. The van der Waals surface area contributed by atoms with Crippen LogP contribution in [-0.2, 0) is 6.54 Å². The van der Waals surface area contributed by atoms with Gasteiger partial charge in [-0.25, -0.2) is 0 Å². The van der Waals surface area contributed by atoms with Crippen LogP contribution in [0.25, 0.3) is 0 Å². The van der Waals surface area contributed by atoms with Crippen molar-refractivity contribution in [2.45, 2.75) is 19.9 Å². The first-order valence-corrected chi connectivity index (χ1v) is 7.66. The van der Waals surface area contributed by atoms with E-state index < -0.39 is 11.4 Å². The zero-order chi connectivity index (χ0) is 18.6. The van der Waals surface area contributed by atoms with E-state index in [-0.39, 0.29) is 47.8 Å². The van der Waals surface area contributed by atoms with E-state index in [1.807, 2.05) is 6.07 Å². The van der Waals surface area contributed by atoms with Gasteiger partial charge in [0.25, 0.3) is 5.56 Å². The number of benzene rings is 1. The molecular weight excluding hydrogens is 348 g/mol.